The summed E-state index contributed by atoms with van der Waals surface area (Å²) in [6.45, 7) is 7.08. The van der Waals surface area contributed by atoms with Gasteiger partial charge in [-0.05, 0) is 12.8 Å². The smallest absolute Gasteiger partial charge is 0.242 e. The maximum atomic E-state index is 12.0. The highest BCUT2D eigenvalue weighted by Crippen LogP contribution is 2.14. The van der Waals surface area contributed by atoms with Crippen LogP contribution in [0.3, 0.4) is 0 Å². The third kappa shape index (κ3) is 2.49. The summed E-state index contributed by atoms with van der Waals surface area (Å²) in [4.78, 5) is 25.3. The highest BCUT2D eigenvalue weighted by Gasteiger charge is 2.32. The molecule has 0 spiro atoms. The Hall–Kier alpha value is -1.06. The molecular weight excluding hydrogens is 192 g/mol. The summed E-state index contributed by atoms with van der Waals surface area (Å²) in [5.74, 6) is 0.115. The van der Waals surface area contributed by atoms with E-state index in [4.69, 9.17) is 0 Å². The number of hydrogen-bond acceptors (Lipinski definition) is 2. The van der Waals surface area contributed by atoms with Crippen LogP contribution in [0.25, 0.3) is 0 Å². The molecule has 2 amide bonds. The van der Waals surface area contributed by atoms with Crippen molar-refractivity contribution in [2.75, 3.05) is 13.1 Å². The van der Waals surface area contributed by atoms with Crippen molar-refractivity contribution in [2.45, 2.75) is 39.7 Å². The van der Waals surface area contributed by atoms with E-state index in [0.717, 1.165) is 6.42 Å². The van der Waals surface area contributed by atoms with Gasteiger partial charge in [0.25, 0.3) is 0 Å². The molecule has 15 heavy (non-hydrogen) atoms. The van der Waals surface area contributed by atoms with Crippen LogP contribution in [0.2, 0.25) is 0 Å². The fraction of sp³-hybridized carbons (Fsp3) is 0.818. The molecule has 86 valence electrons. The van der Waals surface area contributed by atoms with Gasteiger partial charge in [-0.1, -0.05) is 20.8 Å². The van der Waals surface area contributed by atoms with E-state index in [-0.39, 0.29) is 23.8 Å². The highest BCUT2D eigenvalue weighted by molar-refractivity contribution is 5.89. The lowest BCUT2D eigenvalue weighted by molar-refractivity contribution is -0.146. The number of rotatable bonds is 3. The van der Waals surface area contributed by atoms with Crippen molar-refractivity contribution in [3.05, 3.63) is 0 Å². The molecule has 0 aromatic heterocycles. The zero-order valence-corrected chi connectivity index (χ0v) is 9.75. The van der Waals surface area contributed by atoms with Crippen LogP contribution in [0.1, 0.15) is 33.6 Å². The maximum Gasteiger partial charge on any atom is 0.242 e. The monoisotopic (exact) mass is 212 g/mol. The minimum Gasteiger partial charge on any atom is -0.353 e. The van der Waals surface area contributed by atoms with E-state index < -0.39 is 0 Å². The topological polar surface area (TPSA) is 49.4 Å². The zero-order valence-electron chi connectivity index (χ0n) is 9.75. The minimum atomic E-state index is -0.264. The molecule has 2 unspecified atom stereocenters. The number of carbonyl (C=O) groups excluding carboxylic acids is 2. The Labute approximate surface area is 91.0 Å². The SMILES string of the molecule is CCC(C)C(=O)N1CCNC(=O)C1CC. The summed E-state index contributed by atoms with van der Waals surface area (Å²) in [7, 11) is 0. The van der Waals surface area contributed by atoms with Gasteiger partial charge >= 0.3 is 0 Å². The van der Waals surface area contributed by atoms with E-state index in [1.165, 1.54) is 0 Å². The summed E-state index contributed by atoms with van der Waals surface area (Å²) >= 11 is 0. The normalized spacial score (nSPS) is 23.5. The van der Waals surface area contributed by atoms with Gasteiger partial charge in [0.2, 0.25) is 11.8 Å². The molecule has 0 bridgehead atoms. The summed E-state index contributed by atoms with van der Waals surface area (Å²) < 4.78 is 0. The van der Waals surface area contributed by atoms with Crippen LogP contribution in [-0.4, -0.2) is 35.8 Å². The van der Waals surface area contributed by atoms with Gasteiger partial charge in [0.1, 0.15) is 6.04 Å². The number of nitrogens with one attached hydrogen (secondary N) is 1. The van der Waals surface area contributed by atoms with E-state index in [1.807, 2.05) is 20.8 Å². The van der Waals surface area contributed by atoms with Crippen molar-refractivity contribution < 1.29 is 9.59 Å². The Bertz CT molecular complexity index is 253. The van der Waals surface area contributed by atoms with E-state index in [0.29, 0.717) is 19.5 Å². The van der Waals surface area contributed by atoms with E-state index in [1.54, 1.807) is 4.90 Å². The number of carbonyl (C=O) groups is 2. The van der Waals surface area contributed by atoms with Gasteiger partial charge < -0.3 is 10.2 Å². The largest absolute Gasteiger partial charge is 0.353 e. The average Bonchev–Trinajstić information content (AvgIpc) is 2.26. The van der Waals surface area contributed by atoms with Crippen LogP contribution >= 0.6 is 0 Å². The molecule has 4 nitrogen and oxygen atoms in total. The first kappa shape index (κ1) is 12.0. The van der Waals surface area contributed by atoms with E-state index >= 15 is 0 Å². The van der Waals surface area contributed by atoms with Crippen LogP contribution in [0.15, 0.2) is 0 Å². The molecule has 4 heteroatoms. The Balaban J connectivity index is 2.73. The van der Waals surface area contributed by atoms with Crippen molar-refractivity contribution in [1.82, 2.24) is 10.2 Å². The number of amides is 2. The molecular formula is C11H20N2O2. The fourth-order valence-electron chi connectivity index (χ4n) is 1.84. The predicted octanol–water partition coefficient (Wildman–Crippen LogP) is 0.769. The summed E-state index contributed by atoms with van der Waals surface area (Å²) in [5.41, 5.74) is 0. The lowest BCUT2D eigenvalue weighted by Crippen LogP contribution is -2.57. The molecule has 0 aliphatic carbocycles. The quantitative estimate of drug-likeness (QED) is 0.751. The Morgan fingerprint density at radius 3 is 2.80 bits per heavy atom. The van der Waals surface area contributed by atoms with Gasteiger partial charge in [-0.25, -0.2) is 0 Å². The van der Waals surface area contributed by atoms with Crippen molar-refractivity contribution >= 4 is 11.8 Å². The molecule has 1 N–H and O–H groups in total. The Morgan fingerprint density at radius 1 is 1.60 bits per heavy atom. The number of nitrogens with zero attached hydrogens (tertiary/aromatic N) is 1. The third-order valence-electron chi connectivity index (χ3n) is 3.03. The van der Waals surface area contributed by atoms with Crippen molar-refractivity contribution in [3.8, 4) is 0 Å². The van der Waals surface area contributed by atoms with Gasteiger partial charge in [0.05, 0.1) is 0 Å². The second-order valence-electron chi connectivity index (χ2n) is 4.06. The predicted molar refractivity (Wildman–Crippen MR) is 58.3 cm³/mol. The molecule has 0 aromatic carbocycles. The van der Waals surface area contributed by atoms with E-state index in [9.17, 15) is 9.59 Å². The first-order chi connectivity index (χ1) is 7.11. The second kappa shape index (κ2) is 5.14. The molecule has 1 aliphatic rings. The fourth-order valence-corrected chi connectivity index (χ4v) is 1.84. The van der Waals surface area contributed by atoms with Crippen LogP contribution in [0.5, 0.6) is 0 Å². The maximum absolute atomic E-state index is 12.0. The van der Waals surface area contributed by atoms with Gasteiger partial charge in [0.15, 0.2) is 0 Å². The lowest BCUT2D eigenvalue weighted by Gasteiger charge is -2.36. The average molecular weight is 212 g/mol. The van der Waals surface area contributed by atoms with Crippen molar-refractivity contribution in [1.29, 1.82) is 0 Å². The zero-order chi connectivity index (χ0) is 11.4. The first-order valence-corrected chi connectivity index (χ1v) is 5.70. The molecule has 0 saturated carbocycles. The van der Waals surface area contributed by atoms with Crippen LogP contribution < -0.4 is 5.32 Å². The molecule has 1 saturated heterocycles. The van der Waals surface area contributed by atoms with Crippen LogP contribution in [-0.2, 0) is 9.59 Å². The van der Waals surface area contributed by atoms with Crippen LogP contribution in [0, 0.1) is 5.92 Å². The van der Waals surface area contributed by atoms with Gasteiger partial charge in [0, 0.05) is 19.0 Å². The first-order valence-electron chi connectivity index (χ1n) is 5.70. The number of hydrogen-bond donors (Lipinski definition) is 1. The molecule has 0 aromatic rings. The van der Waals surface area contributed by atoms with Crippen molar-refractivity contribution in [2.24, 2.45) is 5.92 Å². The lowest BCUT2D eigenvalue weighted by atomic mass is 10.0. The third-order valence-corrected chi connectivity index (χ3v) is 3.03. The minimum absolute atomic E-state index is 0.0135. The molecule has 2 atom stereocenters. The Morgan fingerprint density at radius 2 is 2.27 bits per heavy atom. The van der Waals surface area contributed by atoms with Gasteiger partial charge in [-0.15, -0.1) is 0 Å². The molecule has 1 aliphatic heterocycles. The molecule has 1 heterocycles. The second-order valence-corrected chi connectivity index (χ2v) is 4.06. The van der Waals surface area contributed by atoms with Gasteiger partial charge in [-0.2, -0.15) is 0 Å². The summed E-state index contributed by atoms with van der Waals surface area (Å²) in [6, 6.07) is -0.264. The summed E-state index contributed by atoms with van der Waals surface area (Å²) in [6.07, 6.45) is 1.52. The van der Waals surface area contributed by atoms with Crippen molar-refractivity contribution in [3.63, 3.8) is 0 Å². The number of piperazine rings is 1. The standard InChI is InChI=1S/C11H20N2O2/c1-4-8(3)11(15)13-7-6-12-10(14)9(13)5-2/h8-9H,4-7H2,1-3H3,(H,12,14). The molecule has 0 radical (unpaired) electrons. The molecule has 1 rings (SSSR count). The summed E-state index contributed by atoms with van der Waals surface area (Å²) in [5, 5.41) is 2.79. The van der Waals surface area contributed by atoms with Gasteiger partial charge in [-0.3, -0.25) is 9.59 Å². The highest BCUT2D eigenvalue weighted by atomic mass is 16.2. The van der Waals surface area contributed by atoms with E-state index in [2.05, 4.69) is 5.32 Å². The van der Waals surface area contributed by atoms with Crippen LogP contribution in [0.4, 0.5) is 0 Å². The molecule has 1 fully saturated rings. The Kier molecular flexibility index (Phi) is 4.12.